The summed E-state index contributed by atoms with van der Waals surface area (Å²) in [6, 6.07) is 1.73. The van der Waals surface area contributed by atoms with Crippen LogP contribution in [0.4, 0.5) is 0 Å². The molecule has 0 aromatic carbocycles. The highest BCUT2D eigenvalue weighted by molar-refractivity contribution is 8.26. The van der Waals surface area contributed by atoms with Crippen LogP contribution in [0.1, 0.15) is 11.3 Å². The van der Waals surface area contributed by atoms with E-state index in [-0.39, 0.29) is 5.91 Å². The molecule has 2 aromatic rings. The highest BCUT2D eigenvalue weighted by Gasteiger charge is 2.22. The first kappa shape index (κ1) is 15.3. The van der Waals surface area contributed by atoms with E-state index >= 15 is 0 Å². The van der Waals surface area contributed by atoms with Crippen LogP contribution in [0.5, 0.6) is 0 Å². The van der Waals surface area contributed by atoms with Gasteiger partial charge in [0, 0.05) is 29.8 Å². The van der Waals surface area contributed by atoms with Crippen molar-refractivity contribution in [2.24, 2.45) is 0 Å². The van der Waals surface area contributed by atoms with Crippen LogP contribution in [0.2, 0.25) is 0 Å². The van der Waals surface area contributed by atoms with Crippen LogP contribution in [0, 0.1) is 11.8 Å². The fourth-order valence-corrected chi connectivity index (χ4v) is 2.89. The van der Waals surface area contributed by atoms with E-state index in [9.17, 15) is 9.59 Å². The summed E-state index contributed by atoms with van der Waals surface area (Å²) in [6.45, 7) is 0. The van der Waals surface area contributed by atoms with Gasteiger partial charge in [0.1, 0.15) is 10.1 Å². The summed E-state index contributed by atoms with van der Waals surface area (Å²) in [4.78, 5) is 27.3. The molecule has 2 aromatic heterocycles. The molecule has 3 rings (SSSR count). The molecule has 0 unspecified atom stereocenters. The quantitative estimate of drug-likeness (QED) is 0.366. The number of esters is 1. The molecule has 8 heteroatoms. The average Bonchev–Trinajstić information content (AvgIpc) is 3.07. The first-order valence-corrected chi connectivity index (χ1v) is 7.51. The molecule has 0 atom stereocenters. The monoisotopic (exact) mass is 344 g/mol. The number of carbonyl (C=O) groups is 2. The Balaban J connectivity index is 2.01. The number of thiocarbonyl (C=S) groups is 1. The molecule has 0 bridgehead atoms. The zero-order valence-electron chi connectivity index (χ0n) is 11.7. The molecule has 1 aliphatic rings. The summed E-state index contributed by atoms with van der Waals surface area (Å²) < 4.78 is 10.6. The number of thioether (sulfide) groups is 1. The maximum Gasteiger partial charge on any atom is 0.384 e. The summed E-state index contributed by atoms with van der Waals surface area (Å²) in [6.07, 6.45) is 4.69. The van der Waals surface area contributed by atoms with Crippen molar-refractivity contribution in [2.75, 3.05) is 7.11 Å². The van der Waals surface area contributed by atoms with Gasteiger partial charge in [0.15, 0.2) is 5.58 Å². The number of pyridine rings is 1. The molecule has 0 aliphatic carbocycles. The van der Waals surface area contributed by atoms with E-state index in [4.69, 9.17) is 16.6 Å². The lowest BCUT2D eigenvalue weighted by Crippen LogP contribution is -2.17. The van der Waals surface area contributed by atoms with Gasteiger partial charge < -0.3 is 14.5 Å². The van der Waals surface area contributed by atoms with Crippen molar-refractivity contribution < 1.29 is 18.7 Å². The van der Waals surface area contributed by atoms with Crippen LogP contribution in [0.3, 0.4) is 0 Å². The van der Waals surface area contributed by atoms with Crippen LogP contribution in [-0.4, -0.2) is 28.3 Å². The minimum atomic E-state index is -0.650. The number of nitrogens with one attached hydrogen (secondary N) is 1. The number of ether oxygens (including phenoxy) is 1. The fraction of sp³-hybridized carbons (Fsp3) is 0.0667. The molecule has 1 N–H and O–H groups in total. The van der Waals surface area contributed by atoms with Crippen molar-refractivity contribution in [3.05, 3.63) is 34.7 Å². The van der Waals surface area contributed by atoms with Crippen LogP contribution < -0.4 is 5.32 Å². The molecule has 114 valence electrons. The predicted octanol–water partition coefficient (Wildman–Crippen LogP) is 1.84. The van der Waals surface area contributed by atoms with E-state index in [0.29, 0.717) is 31.5 Å². The standard InChI is InChI=1S/C15H8N2O4S2/c1-20-12(18)3-2-8-6-16-7-9-4-10(21-13(8)9)5-11-14(19)17-15(22)23-11/h4-7H,1H3,(H,17,19,22)/b11-5+. The number of nitrogens with zero attached hydrogens (tertiary/aromatic N) is 1. The molecule has 6 nitrogen and oxygen atoms in total. The van der Waals surface area contributed by atoms with E-state index in [0.717, 1.165) is 0 Å². The van der Waals surface area contributed by atoms with Crippen LogP contribution in [0.15, 0.2) is 27.8 Å². The number of aromatic nitrogens is 1. The van der Waals surface area contributed by atoms with Gasteiger partial charge in [-0.15, -0.1) is 0 Å². The summed E-state index contributed by atoms with van der Waals surface area (Å²) in [7, 11) is 1.25. The minimum Gasteiger partial charge on any atom is -0.459 e. The molecule has 1 fully saturated rings. The molecule has 23 heavy (non-hydrogen) atoms. The largest absolute Gasteiger partial charge is 0.459 e. The molecular weight excluding hydrogens is 336 g/mol. The number of fused-ring (bicyclic) bond motifs is 1. The molecule has 1 saturated heterocycles. The van der Waals surface area contributed by atoms with E-state index in [1.54, 1.807) is 18.3 Å². The SMILES string of the molecule is COC(=O)C#Cc1cncc2cc(/C=C3/SC(=S)NC3=O)oc12. The molecule has 3 heterocycles. The topological polar surface area (TPSA) is 81.4 Å². The van der Waals surface area contributed by atoms with Gasteiger partial charge >= 0.3 is 5.97 Å². The smallest absolute Gasteiger partial charge is 0.384 e. The predicted molar refractivity (Wildman–Crippen MR) is 89.2 cm³/mol. The van der Waals surface area contributed by atoms with Crippen molar-refractivity contribution in [3.63, 3.8) is 0 Å². The molecular formula is C15H8N2O4S2. The number of furan rings is 1. The second kappa shape index (κ2) is 6.24. The molecule has 0 spiro atoms. The Morgan fingerprint density at radius 3 is 3.04 bits per heavy atom. The minimum absolute atomic E-state index is 0.260. The second-order valence-electron chi connectivity index (χ2n) is 4.35. The number of amides is 1. The molecule has 0 saturated carbocycles. The normalized spacial score (nSPS) is 15.4. The lowest BCUT2D eigenvalue weighted by Gasteiger charge is -1.92. The lowest BCUT2D eigenvalue weighted by atomic mass is 10.2. The Hall–Kier alpha value is -2.63. The van der Waals surface area contributed by atoms with Gasteiger partial charge in [0.05, 0.1) is 17.6 Å². The van der Waals surface area contributed by atoms with Crippen molar-refractivity contribution in [1.82, 2.24) is 10.3 Å². The summed E-state index contributed by atoms with van der Waals surface area (Å²) in [5.41, 5.74) is 0.936. The van der Waals surface area contributed by atoms with Gasteiger partial charge in [-0.05, 0) is 12.0 Å². The maximum atomic E-state index is 11.7. The van der Waals surface area contributed by atoms with Gasteiger partial charge in [0.25, 0.3) is 5.91 Å². The Morgan fingerprint density at radius 1 is 1.52 bits per heavy atom. The molecule has 1 amide bonds. The van der Waals surface area contributed by atoms with Crippen LogP contribution in [0.25, 0.3) is 17.0 Å². The van der Waals surface area contributed by atoms with Gasteiger partial charge in [-0.2, -0.15) is 0 Å². The van der Waals surface area contributed by atoms with E-state index in [2.05, 4.69) is 26.9 Å². The van der Waals surface area contributed by atoms with Crippen molar-refractivity contribution in [2.45, 2.75) is 0 Å². The van der Waals surface area contributed by atoms with Gasteiger partial charge in [-0.1, -0.05) is 24.0 Å². The van der Waals surface area contributed by atoms with Crippen LogP contribution >= 0.6 is 24.0 Å². The second-order valence-corrected chi connectivity index (χ2v) is 6.07. The third kappa shape index (κ3) is 3.26. The fourth-order valence-electron chi connectivity index (χ4n) is 1.86. The van der Waals surface area contributed by atoms with Gasteiger partial charge in [0.2, 0.25) is 0 Å². The first-order chi connectivity index (χ1) is 11.1. The number of hydrogen-bond acceptors (Lipinski definition) is 7. The highest BCUT2D eigenvalue weighted by Crippen LogP contribution is 2.29. The highest BCUT2D eigenvalue weighted by atomic mass is 32.2. The number of methoxy groups -OCH3 is 1. The zero-order chi connectivity index (χ0) is 16.4. The third-order valence-electron chi connectivity index (χ3n) is 2.84. The summed E-state index contributed by atoms with van der Waals surface area (Å²) in [5.74, 6) is 4.54. The van der Waals surface area contributed by atoms with E-state index in [1.165, 1.54) is 25.1 Å². The first-order valence-electron chi connectivity index (χ1n) is 6.29. The Morgan fingerprint density at radius 2 is 2.35 bits per heavy atom. The number of rotatable bonds is 1. The maximum absolute atomic E-state index is 11.7. The Kier molecular flexibility index (Phi) is 4.14. The zero-order valence-corrected chi connectivity index (χ0v) is 13.3. The van der Waals surface area contributed by atoms with E-state index in [1.807, 2.05) is 0 Å². The number of hydrogen-bond donors (Lipinski definition) is 1. The van der Waals surface area contributed by atoms with Crippen LogP contribution in [-0.2, 0) is 14.3 Å². The summed E-state index contributed by atoms with van der Waals surface area (Å²) >= 11 is 6.10. The summed E-state index contributed by atoms with van der Waals surface area (Å²) in [5, 5.41) is 3.24. The van der Waals surface area contributed by atoms with Crippen molar-refractivity contribution in [1.29, 1.82) is 0 Å². The Labute approximate surface area is 140 Å². The van der Waals surface area contributed by atoms with Gasteiger partial charge in [-0.3, -0.25) is 9.78 Å². The number of carbonyl (C=O) groups excluding carboxylic acids is 2. The Bertz CT molecular complexity index is 934. The van der Waals surface area contributed by atoms with E-state index < -0.39 is 5.97 Å². The van der Waals surface area contributed by atoms with Crippen molar-refractivity contribution >= 4 is 57.2 Å². The molecule has 0 radical (unpaired) electrons. The van der Waals surface area contributed by atoms with Crippen molar-refractivity contribution in [3.8, 4) is 11.8 Å². The third-order valence-corrected chi connectivity index (χ3v) is 4.00. The average molecular weight is 344 g/mol. The molecule has 1 aliphatic heterocycles. The lowest BCUT2D eigenvalue weighted by molar-refractivity contribution is -0.133. The van der Waals surface area contributed by atoms with Gasteiger partial charge in [-0.25, -0.2) is 4.79 Å².